The van der Waals surface area contributed by atoms with Crippen molar-refractivity contribution in [2.24, 2.45) is 0 Å². The van der Waals surface area contributed by atoms with Gasteiger partial charge >= 0.3 is 0 Å². The summed E-state index contributed by atoms with van der Waals surface area (Å²) in [5.74, 6) is -0.498. The van der Waals surface area contributed by atoms with Crippen molar-refractivity contribution in [1.29, 1.82) is 0 Å². The highest BCUT2D eigenvalue weighted by Gasteiger charge is 2.23. The highest BCUT2D eigenvalue weighted by molar-refractivity contribution is 7.89. The van der Waals surface area contributed by atoms with Gasteiger partial charge in [-0.05, 0) is 25.5 Å². The average Bonchev–Trinajstić information content (AvgIpc) is 2.51. The van der Waals surface area contributed by atoms with Gasteiger partial charge in [0.2, 0.25) is 21.8 Å². The van der Waals surface area contributed by atoms with Crippen LogP contribution in [0, 0.1) is 0 Å². The van der Waals surface area contributed by atoms with Crippen LogP contribution in [0.25, 0.3) is 0 Å². The van der Waals surface area contributed by atoms with Gasteiger partial charge < -0.3 is 15.4 Å². The van der Waals surface area contributed by atoms with E-state index >= 15 is 0 Å². The molecule has 0 bridgehead atoms. The molecule has 2 amide bonds. The maximum atomic E-state index is 12.4. The molecule has 0 heterocycles. The minimum atomic E-state index is -3.91. The number of anilines is 1. The Morgan fingerprint density at radius 1 is 1.29 bits per heavy atom. The van der Waals surface area contributed by atoms with E-state index in [0.717, 1.165) is 6.42 Å². The van der Waals surface area contributed by atoms with E-state index in [0.29, 0.717) is 12.2 Å². The van der Waals surface area contributed by atoms with Crippen molar-refractivity contribution in [3.05, 3.63) is 18.2 Å². The normalized spacial score (nSPS) is 12.3. The maximum absolute atomic E-state index is 12.4. The van der Waals surface area contributed by atoms with Gasteiger partial charge in [-0.15, -0.1) is 0 Å². The van der Waals surface area contributed by atoms with Crippen LogP contribution in [0.3, 0.4) is 0 Å². The topological polar surface area (TPSA) is 114 Å². The number of hydrogen-bond acceptors (Lipinski definition) is 5. The molecule has 3 N–H and O–H groups in total. The summed E-state index contributed by atoms with van der Waals surface area (Å²) in [6.07, 6.45) is 0.757. The molecule has 0 aromatic heterocycles. The van der Waals surface area contributed by atoms with Gasteiger partial charge in [0.05, 0.1) is 23.7 Å². The molecule has 9 heteroatoms. The van der Waals surface area contributed by atoms with Crippen LogP contribution in [-0.2, 0) is 19.6 Å². The van der Waals surface area contributed by atoms with Crippen molar-refractivity contribution >= 4 is 27.5 Å². The minimum Gasteiger partial charge on any atom is -0.495 e. The van der Waals surface area contributed by atoms with Gasteiger partial charge in [0, 0.05) is 19.5 Å². The zero-order chi connectivity index (χ0) is 18.3. The van der Waals surface area contributed by atoms with Gasteiger partial charge in [-0.2, -0.15) is 4.72 Å². The zero-order valence-corrected chi connectivity index (χ0v) is 15.0. The Balaban J connectivity index is 2.98. The molecule has 1 aromatic carbocycles. The third kappa shape index (κ3) is 5.50. The number of ether oxygens (including phenoxy) is 1. The fraction of sp³-hybridized carbons (Fsp3) is 0.467. The lowest BCUT2D eigenvalue weighted by Crippen LogP contribution is -2.44. The summed E-state index contributed by atoms with van der Waals surface area (Å²) >= 11 is 0. The third-order valence-corrected chi connectivity index (χ3v) is 4.61. The first kappa shape index (κ1) is 19.9. The zero-order valence-electron chi connectivity index (χ0n) is 14.2. The predicted molar refractivity (Wildman–Crippen MR) is 90.4 cm³/mol. The Morgan fingerprint density at radius 2 is 1.96 bits per heavy atom. The molecule has 0 radical (unpaired) electrons. The number of benzene rings is 1. The molecule has 0 spiro atoms. The number of methoxy groups -OCH3 is 1. The third-order valence-electron chi connectivity index (χ3n) is 3.07. The SMILES string of the molecule is CCCNC(=O)C(C)NS(=O)(=O)c1ccc(NC(C)=O)c(OC)c1. The van der Waals surface area contributed by atoms with E-state index in [-0.39, 0.29) is 16.6 Å². The number of nitrogens with one attached hydrogen (secondary N) is 3. The largest absolute Gasteiger partial charge is 0.495 e. The number of rotatable bonds is 8. The number of carbonyl (C=O) groups excluding carboxylic acids is 2. The summed E-state index contributed by atoms with van der Waals surface area (Å²) < 4.78 is 32.2. The molecular weight excluding hydrogens is 334 g/mol. The highest BCUT2D eigenvalue weighted by atomic mass is 32.2. The van der Waals surface area contributed by atoms with Crippen LogP contribution < -0.4 is 20.1 Å². The lowest BCUT2D eigenvalue weighted by molar-refractivity contribution is -0.122. The van der Waals surface area contributed by atoms with Crippen LogP contribution in [0.2, 0.25) is 0 Å². The highest BCUT2D eigenvalue weighted by Crippen LogP contribution is 2.27. The van der Waals surface area contributed by atoms with E-state index in [2.05, 4.69) is 15.4 Å². The quantitative estimate of drug-likeness (QED) is 0.638. The van der Waals surface area contributed by atoms with Gasteiger partial charge in [-0.1, -0.05) is 6.92 Å². The second-order valence-corrected chi connectivity index (χ2v) is 6.89. The molecular formula is C15H23N3O5S. The molecule has 0 aliphatic heterocycles. The van der Waals surface area contributed by atoms with E-state index in [1.165, 1.54) is 39.2 Å². The van der Waals surface area contributed by atoms with E-state index in [4.69, 9.17) is 4.74 Å². The number of sulfonamides is 1. The molecule has 0 aliphatic rings. The first-order chi connectivity index (χ1) is 11.2. The first-order valence-electron chi connectivity index (χ1n) is 7.47. The fourth-order valence-corrected chi connectivity index (χ4v) is 3.11. The summed E-state index contributed by atoms with van der Waals surface area (Å²) in [4.78, 5) is 22.9. The Morgan fingerprint density at radius 3 is 2.50 bits per heavy atom. The summed E-state index contributed by atoms with van der Waals surface area (Å²) in [6.45, 7) is 5.18. The van der Waals surface area contributed by atoms with E-state index in [1.54, 1.807) is 0 Å². The molecule has 0 saturated heterocycles. The van der Waals surface area contributed by atoms with E-state index < -0.39 is 22.0 Å². The molecule has 1 rings (SSSR count). The Bertz CT molecular complexity index is 703. The van der Waals surface area contributed by atoms with Crippen molar-refractivity contribution in [2.75, 3.05) is 19.0 Å². The summed E-state index contributed by atoms with van der Waals surface area (Å²) in [5, 5.41) is 5.16. The molecule has 1 unspecified atom stereocenters. The van der Waals surface area contributed by atoms with Crippen LogP contribution in [-0.4, -0.2) is 39.9 Å². The molecule has 0 aliphatic carbocycles. The predicted octanol–water partition coefficient (Wildman–Crippen LogP) is 0.847. The van der Waals surface area contributed by atoms with Crippen LogP contribution in [0.4, 0.5) is 5.69 Å². The lowest BCUT2D eigenvalue weighted by Gasteiger charge is -2.15. The van der Waals surface area contributed by atoms with Crippen LogP contribution in [0.5, 0.6) is 5.75 Å². The van der Waals surface area contributed by atoms with Crippen molar-refractivity contribution in [3.63, 3.8) is 0 Å². The smallest absolute Gasteiger partial charge is 0.241 e. The van der Waals surface area contributed by atoms with Crippen molar-refractivity contribution < 1.29 is 22.7 Å². The number of hydrogen-bond donors (Lipinski definition) is 3. The van der Waals surface area contributed by atoms with Crippen molar-refractivity contribution in [2.45, 2.75) is 38.1 Å². The molecule has 1 aromatic rings. The summed E-state index contributed by atoms with van der Waals surface area (Å²) in [5.41, 5.74) is 0.359. The fourth-order valence-electron chi connectivity index (χ4n) is 1.89. The van der Waals surface area contributed by atoms with Gasteiger partial charge in [-0.3, -0.25) is 9.59 Å². The molecule has 24 heavy (non-hydrogen) atoms. The van der Waals surface area contributed by atoms with Crippen LogP contribution >= 0.6 is 0 Å². The average molecular weight is 357 g/mol. The molecule has 8 nitrogen and oxygen atoms in total. The number of carbonyl (C=O) groups is 2. The molecule has 0 fully saturated rings. The van der Waals surface area contributed by atoms with Crippen molar-refractivity contribution in [3.8, 4) is 5.75 Å². The van der Waals surface area contributed by atoms with Gasteiger partial charge in [-0.25, -0.2) is 8.42 Å². The maximum Gasteiger partial charge on any atom is 0.241 e. The lowest BCUT2D eigenvalue weighted by atomic mass is 10.3. The molecule has 0 saturated carbocycles. The summed E-state index contributed by atoms with van der Waals surface area (Å²) in [6, 6.07) is 3.12. The summed E-state index contributed by atoms with van der Waals surface area (Å²) in [7, 11) is -2.54. The Labute approximate surface area is 142 Å². The van der Waals surface area contributed by atoms with E-state index in [9.17, 15) is 18.0 Å². The Kier molecular flexibility index (Phi) is 7.18. The minimum absolute atomic E-state index is 0.0661. The first-order valence-corrected chi connectivity index (χ1v) is 8.95. The van der Waals surface area contributed by atoms with Crippen LogP contribution in [0.1, 0.15) is 27.2 Å². The van der Waals surface area contributed by atoms with Gasteiger partial charge in [0.1, 0.15) is 5.75 Å². The van der Waals surface area contributed by atoms with E-state index in [1.807, 2.05) is 6.92 Å². The monoisotopic (exact) mass is 357 g/mol. The molecule has 1 atom stereocenters. The molecule has 134 valence electrons. The second kappa shape index (κ2) is 8.65. The Hall–Kier alpha value is -2.13. The van der Waals surface area contributed by atoms with Crippen LogP contribution in [0.15, 0.2) is 23.1 Å². The number of amides is 2. The standard InChI is InChI=1S/C15H23N3O5S/c1-5-8-16-15(20)10(2)18-24(21,22)12-6-7-13(17-11(3)19)14(9-12)23-4/h6-7,9-10,18H,5,8H2,1-4H3,(H,16,20)(H,17,19). The second-order valence-electron chi connectivity index (χ2n) is 5.18. The van der Waals surface area contributed by atoms with Gasteiger partial charge in [0.25, 0.3) is 0 Å². The van der Waals surface area contributed by atoms with Gasteiger partial charge in [0.15, 0.2) is 0 Å². The van der Waals surface area contributed by atoms with Crippen molar-refractivity contribution in [1.82, 2.24) is 10.0 Å².